The normalized spacial score (nSPS) is 24.1. The topological polar surface area (TPSA) is 76.8 Å². The van der Waals surface area contributed by atoms with Crippen molar-refractivity contribution in [3.05, 3.63) is 0 Å². The highest BCUT2D eigenvalue weighted by Crippen LogP contribution is 2.14. The maximum Gasteiger partial charge on any atom is 0.253 e. The Balaban J connectivity index is 2.69. The van der Waals surface area contributed by atoms with Crippen molar-refractivity contribution in [3.8, 4) is 0 Å². The number of carbonyl (C=O) groups excluding carboxylic acids is 1. The van der Waals surface area contributed by atoms with E-state index in [1.165, 1.54) is 0 Å². The average Bonchev–Trinajstić information content (AvgIpc) is 2.35. The minimum absolute atomic E-state index is 0.206. The quantitative estimate of drug-likeness (QED) is 0.364. The van der Waals surface area contributed by atoms with Crippen LogP contribution in [0.5, 0.6) is 0 Å². The maximum absolute atomic E-state index is 11.7. The number of nitrogens with one attached hydrogen (secondary N) is 1. The molecule has 1 rings (SSSR count). The standard InChI is InChI=1S/C10H21N3O3/c1-3-8-6-16-5-4-13(8)9(7-15-2)10(14)12-11/h8-9H,3-7,11H2,1-2H3,(H,12,14). The molecule has 6 heteroatoms. The molecule has 0 aromatic carbocycles. The summed E-state index contributed by atoms with van der Waals surface area (Å²) >= 11 is 0. The molecule has 0 saturated carbocycles. The van der Waals surface area contributed by atoms with Gasteiger partial charge in [-0.05, 0) is 6.42 Å². The van der Waals surface area contributed by atoms with E-state index in [1.54, 1.807) is 7.11 Å². The molecule has 0 radical (unpaired) electrons. The summed E-state index contributed by atoms with van der Waals surface area (Å²) in [5, 5.41) is 0. The molecule has 1 amide bonds. The fourth-order valence-electron chi connectivity index (χ4n) is 2.01. The number of morpholine rings is 1. The lowest BCUT2D eigenvalue weighted by molar-refractivity contribution is -0.133. The van der Waals surface area contributed by atoms with Crippen LogP contribution >= 0.6 is 0 Å². The zero-order valence-corrected chi connectivity index (χ0v) is 9.94. The fourth-order valence-corrected chi connectivity index (χ4v) is 2.01. The second-order valence-electron chi connectivity index (χ2n) is 3.85. The van der Waals surface area contributed by atoms with Gasteiger partial charge in [0.1, 0.15) is 6.04 Å². The number of hydrogen-bond acceptors (Lipinski definition) is 5. The van der Waals surface area contributed by atoms with Gasteiger partial charge >= 0.3 is 0 Å². The second-order valence-corrected chi connectivity index (χ2v) is 3.85. The van der Waals surface area contributed by atoms with Crippen LogP contribution in [-0.2, 0) is 14.3 Å². The number of amides is 1. The highest BCUT2D eigenvalue weighted by atomic mass is 16.5. The number of nitrogens with zero attached hydrogens (tertiary/aromatic N) is 1. The Labute approximate surface area is 96.0 Å². The van der Waals surface area contributed by atoms with Gasteiger partial charge in [-0.2, -0.15) is 0 Å². The van der Waals surface area contributed by atoms with Gasteiger partial charge < -0.3 is 9.47 Å². The van der Waals surface area contributed by atoms with Crippen LogP contribution in [0.25, 0.3) is 0 Å². The van der Waals surface area contributed by atoms with Crippen LogP contribution in [0.15, 0.2) is 0 Å². The molecule has 6 nitrogen and oxygen atoms in total. The summed E-state index contributed by atoms with van der Waals surface area (Å²) < 4.78 is 10.5. The predicted molar refractivity (Wildman–Crippen MR) is 59.6 cm³/mol. The molecule has 16 heavy (non-hydrogen) atoms. The first-order chi connectivity index (χ1) is 7.74. The van der Waals surface area contributed by atoms with Crippen molar-refractivity contribution in [1.29, 1.82) is 0 Å². The number of hydrazine groups is 1. The number of hydrogen-bond donors (Lipinski definition) is 2. The van der Waals surface area contributed by atoms with Crippen LogP contribution in [0.1, 0.15) is 13.3 Å². The van der Waals surface area contributed by atoms with E-state index in [9.17, 15) is 4.79 Å². The van der Waals surface area contributed by atoms with Crippen LogP contribution < -0.4 is 11.3 Å². The minimum atomic E-state index is -0.330. The van der Waals surface area contributed by atoms with Crippen molar-refractivity contribution in [2.24, 2.45) is 5.84 Å². The Hall–Kier alpha value is -0.690. The lowest BCUT2D eigenvalue weighted by atomic mass is 10.1. The largest absolute Gasteiger partial charge is 0.383 e. The summed E-state index contributed by atoms with van der Waals surface area (Å²) in [7, 11) is 1.58. The smallest absolute Gasteiger partial charge is 0.253 e. The highest BCUT2D eigenvalue weighted by molar-refractivity contribution is 5.81. The molecule has 2 atom stereocenters. The van der Waals surface area contributed by atoms with Gasteiger partial charge in [-0.1, -0.05) is 6.92 Å². The molecule has 0 bridgehead atoms. The predicted octanol–water partition coefficient (Wildman–Crippen LogP) is -0.898. The van der Waals surface area contributed by atoms with E-state index in [0.717, 1.165) is 13.0 Å². The first kappa shape index (κ1) is 13.4. The molecule has 1 aliphatic heterocycles. The van der Waals surface area contributed by atoms with Gasteiger partial charge in [-0.25, -0.2) is 5.84 Å². The summed E-state index contributed by atoms with van der Waals surface area (Å²) in [5.41, 5.74) is 2.19. The van der Waals surface area contributed by atoms with Crippen molar-refractivity contribution in [1.82, 2.24) is 10.3 Å². The molecular weight excluding hydrogens is 210 g/mol. The van der Waals surface area contributed by atoms with Crippen molar-refractivity contribution in [2.45, 2.75) is 25.4 Å². The van der Waals surface area contributed by atoms with Crippen molar-refractivity contribution in [2.75, 3.05) is 33.5 Å². The zero-order chi connectivity index (χ0) is 12.0. The van der Waals surface area contributed by atoms with Gasteiger partial charge in [0.15, 0.2) is 0 Å². The molecule has 1 fully saturated rings. The van der Waals surface area contributed by atoms with E-state index in [4.69, 9.17) is 15.3 Å². The molecule has 0 aliphatic carbocycles. The third-order valence-corrected chi connectivity index (χ3v) is 2.91. The van der Waals surface area contributed by atoms with Crippen molar-refractivity contribution >= 4 is 5.91 Å². The molecule has 0 aromatic heterocycles. The molecule has 0 aromatic rings. The fraction of sp³-hybridized carbons (Fsp3) is 0.900. The monoisotopic (exact) mass is 231 g/mol. The first-order valence-corrected chi connectivity index (χ1v) is 5.57. The lowest BCUT2D eigenvalue weighted by Crippen LogP contribution is -2.58. The number of ether oxygens (including phenoxy) is 2. The van der Waals surface area contributed by atoms with Crippen LogP contribution in [-0.4, -0.2) is 56.4 Å². The Morgan fingerprint density at radius 2 is 2.50 bits per heavy atom. The summed E-state index contributed by atoms with van der Waals surface area (Å²) in [6, 6.07) is -0.0740. The van der Waals surface area contributed by atoms with Crippen molar-refractivity contribution < 1.29 is 14.3 Å². The SMILES string of the molecule is CCC1COCCN1C(COC)C(=O)NN. The minimum Gasteiger partial charge on any atom is -0.383 e. The third-order valence-electron chi connectivity index (χ3n) is 2.91. The Kier molecular flexibility index (Phi) is 5.68. The van der Waals surface area contributed by atoms with E-state index in [-0.39, 0.29) is 18.0 Å². The number of nitrogens with two attached hydrogens (primary N) is 1. The molecule has 3 N–H and O–H groups in total. The summed E-state index contributed by atoms with van der Waals surface area (Å²) in [6.07, 6.45) is 0.943. The summed E-state index contributed by atoms with van der Waals surface area (Å²) in [4.78, 5) is 13.8. The highest BCUT2D eigenvalue weighted by Gasteiger charge is 2.32. The van der Waals surface area contributed by atoms with Gasteiger partial charge in [0.05, 0.1) is 19.8 Å². The molecule has 2 unspecified atom stereocenters. The van der Waals surface area contributed by atoms with Crippen LogP contribution in [0.3, 0.4) is 0 Å². The van der Waals surface area contributed by atoms with E-state index in [1.807, 2.05) is 0 Å². The van der Waals surface area contributed by atoms with E-state index in [2.05, 4.69) is 17.2 Å². The lowest BCUT2D eigenvalue weighted by Gasteiger charge is -2.39. The Morgan fingerprint density at radius 1 is 1.75 bits per heavy atom. The van der Waals surface area contributed by atoms with E-state index in [0.29, 0.717) is 19.8 Å². The number of carbonyl (C=O) groups is 1. The first-order valence-electron chi connectivity index (χ1n) is 5.57. The zero-order valence-electron chi connectivity index (χ0n) is 9.94. The van der Waals surface area contributed by atoms with Gasteiger partial charge in [-0.15, -0.1) is 0 Å². The third kappa shape index (κ3) is 3.15. The Morgan fingerprint density at radius 3 is 3.06 bits per heavy atom. The summed E-state index contributed by atoms with van der Waals surface area (Å²) in [5.74, 6) is 4.98. The van der Waals surface area contributed by atoms with Crippen LogP contribution in [0.2, 0.25) is 0 Å². The second kappa shape index (κ2) is 6.80. The number of rotatable bonds is 5. The molecular formula is C10H21N3O3. The molecule has 1 aliphatic rings. The summed E-state index contributed by atoms with van der Waals surface area (Å²) in [6.45, 7) is 4.47. The molecule has 1 saturated heterocycles. The molecule has 0 spiro atoms. The molecule has 1 heterocycles. The van der Waals surface area contributed by atoms with E-state index >= 15 is 0 Å². The number of methoxy groups -OCH3 is 1. The van der Waals surface area contributed by atoms with Gasteiger partial charge in [-0.3, -0.25) is 15.1 Å². The maximum atomic E-state index is 11.7. The van der Waals surface area contributed by atoms with Gasteiger partial charge in [0.2, 0.25) is 0 Å². The van der Waals surface area contributed by atoms with Crippen LogP contribution in [0.4, 0.5) is 0 Å². The average molecular weight is 231 g/mol. The van der Waals surface area contributed by atoms with Crippen LogP contribution in [0, 0.1) is 0 Å². The van der Waals surface area contributed by atoms with E-state index < -0.39 is 0 Å². The Bertz CT molecular complexity index is 225. The van der Waals surface area contributed by atoms with Gasteiger partial charge in [0, 0.05) is 19.7 Å². The molecule has 94 valence electrons. The van der Waals surface area contributed by atoms with Crippen molar-refractivity contribution in [3.63, 3.8) is 0 Å². The van der Waals surface area contributed by atoms with Gasteiger partial charge in [0.25, 0.3) is 5.91 Å².